The number of carbonyl (C=O) groups is 2. The number of hydrogen-bond donors (Lipinski definition) is 1. The number of nitrogens with zero attached hydrogens (tertiary/aromatic N) is 3. The highest BCUT2D eigenvalue weighted by atomic mass is 35.5. The maximum atomic E-state index is 11.4. The number of halogens is 1. The molecule has 0 aliphatic heterocycles. The van der Waals surface area contributed by atoms with Crippen LogP contribution in [-0.2, 0) is 20.9 Å². The lowest BCUT2D eigenvalue weighted by molar-refractivity contribution is -0.389. The molecule has 0 aliphatic rings. The highest BCUT2D eigenvalue weighted by molar-refractivity contribution is 6.32. The summed E-state index contributed by atoms with van der Waals surface area (Å²) in [6.07, 6.45) is 1.19. The van der Waals surface area contributed by atoms with Gasteiger partial charge in [0.25, 0.3) is 0 Å². The summed E-state index contributed by atoms with van der Waals surface area (Å²) < 4.78 is 5.60. The van der Waals surface area contributed by atoms with E-state index in [1.54, 1.807) is 0 Å². The third-order valence-electron chi connectivity index (χ3n) is 2.10. The fraction of sp³-hybridized carbons (Fsp3) is 0.444. The Labute approximate surface area is 112 Å². The Morgan fingerprint density at radius 2 is 2.32 bits per heavy atom. The lowest BCUT2D eigenvalue weighted by Gasteiger charge is -2.13. The molecule has 0 spiro atoms. The number of rotatable bonds is 5. The lowest BCUT2D eigenvalue weighted by Crippen LogP contribution is -2.43. The van der Waals surface area contributed by atoms with Gasteiger partial charge >= 0.3 is 11.8 Å². The summed E-state index contributed by atoms with van der Waals surface area (Å²) in [7, 11) is 1.16. The standard InChI is InChI=1S/C9H11ClN4O5/c1-5(15)11-7(9(16)19-2)4-13-3-6(10)8(12-13)14(17)18/h3,7H,4H2,1-2H3,(H,11,15). The van der Waals surface area contributed by atoms with Gasteiger partial charge in [0.15, 0.2) is 5.02 Å². The number of methoxy groups -OCH3 is 1. The van der Waals surface area contributed by atoms with E-state index in [2.05, 4.69) is 15.2 Å². The molecule has 0 fully saturated rings. The van der Waals surface area contributed by atoms with Crippen molar-refractivity contribution in [3.8, 4) is 0 Å². The summed E-state index contributed by atoms with van der Waals surface area (Å²) in [6, 6.07) is -1.00. The maximum absolute atomic E-state index is 11.4. The summed E-state index contributed by atoms with van der Waals surface area (Å²) in [5.41, 5.74) is 0. The van der Waals surface area contributed by atoms with Gasteiger partial charge in [-0.2, -0.15) is 4.68 Å². The van der Waals surface area contributed by atoms with Crippen molar-refractivity contribution in [2.24, 2.45) is 0 Å². The summed E-state index contributed by atoms with van der Waals surface area (Å²) in [4.78, 5) is 32.2. The topological polar surface area (TPSA) is 116 Å². The second-order valence-electron chi connectivity index (χ2n) is 3.56. The Bertz CT molecular complexity index is 515. The van der Waals surface area contributed by atoms with E-state index >= 15 is 0 Å². The molecule has 104 valence electrons. The number of nitro groups is 1. The van der Waals surface area contributed by atoms with Crippen molar-refractivity contribution in [3.05, 3.63) is 21.3 Å². The molecule has 9 nitrogen and oxygen atoms in total. The van der Waals surface area contributed by atoms with Crippen LogP contribution in [0.2, 0.25) is 5.02 Å². The summed E-state index contributed by atoms with van der Waals surface area (Å²) in [5.74, 6) is -1.65. The average molecular weight is 291 g/mol. The second kappa shape index (κ2) is 6.14. The SMILES string of the molecule is COC(=O)C(Cn1cc(Cl)c([N+](=O)[O-])n1)NC(C)=O. The molecule has 0 aromatic carbocycles. The van der Waals surface area contributed by atoms with Crippen molar-refractivity contribution in [2.75, 3.05) is 7.11 Å². The van der Waals surface area contributed by atoms with E-state index in [9.17, 15) is 19.7 Å². The molecule has 0 saturated heterocycles. The molecular weight excluding hydrogens is 280 g/mol. The van der Waals surface area contributed by atoms with Gasteiger partial charge in [-0.15, -0.1) is 0 Å². The minimum atomic E-state index is -1.00. The monoisotopic (exact) mass is 290 g/mol. The van der Waals surface area contributed by atoms with E-state index in [1.165, 1.54) is 13.1 Å². The second-order valence-corrected chi connectivity index (χ2v) is 3.96. The van der Waals surface area contributed by atoms with Crippen LogP contribution in [0.25, 0.3) is 0 Å². The first-order valence-corrected chi connectivity index (χ1v) is 5.45. The molecule has 0 aliphatic carbocycles. The van der Waals surface area contributed by atoms with Crippen LogP contribution in [0.1, 0.15) is 6.92 Å². The maximum Gasteiger partial charge on any atom is 0.408 e. The molecule has 1 aromatic rings. The van der Waals surface area contributed by atoms with Crippen LogP contribution in [0, 0.1) is 10.1 Å². The van der Waals surface area contributed by atoms with Gasteiger partial charge in [-0.05, 0) is 4.92 Å². The number of carbonyl (C=O) groups excluding carboxylic acids is 2. The molecule has 19 heavy (non-hydrogen) atoms. The van der Waals surface area contributed by atoms with Crippen molar-refractivity contribution < 1.29 is 19.2 Å². The molecule has 1 heterocycles. The normalized spacial score (nSPS) is 11.7. The minimum Gasteiger partial charge on any atom is -0.467 e. The zero-order chi connectivity index (χ0) is 14.6. The van der Waals surface area contributed by atoms with E-state index in [-0.39, 0.29) is 11.6 Å². The quantitative estimate of drug-likeness (QED) is 0.468. The fourth-order valence-corrected chi connectivity index (χ4v) is 1.58. The van der Waals surface area contributed by atoms with Crippen LogP contribution in [-0.4, -0.2) is 39.7 Å². The predicted molar refractivity (Wildman–Crippen MR) is 63.5 cm³/mol. The highest BCUT2D eigenvalue weighted by Crippen LogP contribution is 2.21. The first kappa shape index (κ1) is 14.9. The Morgan fingerprint density at radius 3 is 2.74 bits per heavy atom. The molecule has 0 saturated carbocycles. The van der Waals surface area contributed by atoms with Gasteiger partial charge in [0, 0.05) is 6.92 Å². The molecule has 1 unspecified atom stereocenters. The average Bonchev–Trinajstić information content (AvgIpc) is 2.68. The number of aromatic nitrogens is 2. The molecule has 1 aromatic heterocycles. The minimum absolute atomic E-state index is 0.125. The van der Waals surface area contributed by atoms with Crippen LogP contribution >= 0.6 is 11.6 Å². The molecule has 1 rings (SSSR count). The third kappa shape index (κ3) is 3.91. The number of nitrogens with one attached hydrogen (secondary N) is 1. The number of hydrogen-bond acceptors (Lipinski definition) is 6. The Hall–Kier alpha value is -2.16. The molecular formula is C9H11ClN4O5. The van der Waals surface area contributed by atoms with Crippen molar-refractivity contribution >= 4 is 29.3 Å². The first-order valence-electron chi connectivity index (χ1n) is 5.07. The van der Waals surface area contributed by atoms with Gasteiger partial charge in [-0.3, -0.25) is 4.79 Å². The van der Waals surface area contributed by atoms with E-state index < -0.39 is 28.7 Å². The van der Waals surface area contributed by atoms with E-state index in [1.807, 2.05) is 0 Å². The van der Waals surface area contributed by atoms with Gasteiger partial charge in [-0.25, -0.2) is 4.79 Å². The van der Waals surface area contributed by atoms with Crippen LogP contribution in [0.5, 0.6) is 0 Å². The summed E-state index contributed by atoms with van der Waals surface area (Å²) >= 11 is 5.61. The molecule has 0 bridgehead atoms. The van der Waals surface area contributed by atoms with E-state index in [0.717, 1.165) is 11.8 Å². The van der Waals surface area contributed by atoms with Gasteiger partial charge in [0.1, 0.15) is 6.04 Å². The van der Waals surface area contributed by atoms with E-state index in [4.69, 9.17) is 11.6 Å². The lowest BCUT2D eigenvalue weighted by atomic mass is 10.3. The molecule has 1 N–H and O–H groups in total. The van der Waals surface area contributed by atoms with Crippen molar-refractivity contribution in [3.63, 3.8) is 0 Å². The Balaban J connectivity index is 2.90. The largest absolute Gasteiger partial charge is 0.467 e. The third-order valence-corrected chi connectivity index (χ3v) is 2.37. The predicted octanol–water partition coefficient (Wildman–Crippen LogP) is 0.122. The van der Waals surface area contributed by atoms with Crippen LogP contribution in [0.3, 0.4) is 0 Å². The van der Waals surface area contributed by atoms with Crippen LogP contribution in [0.15, 0.2) is 6.20 Å². The Morgan fingerprint density at radius 1 is 1.68 bits per heavy atom. The molecule has 1 atom stereocenters. The Kier molecular flexibility index (Phi) is 4.81. The highest BCUT2D eigenvalue weighted by Gasteiger charge is 2.25. The summed E-state index contributed by atoms with van der Waals surface area (Å²) in [5, 5.41) is 16.4. The van der Waals surface area contributed by atoms with Gasteiger partial charge in [0.2, 0.25) is 5.91 Å². The van der Waals surface area contributed by atoms with Crippen molar-refractivity contribution in [1.82, 2.24) is 15.1 Å². The van der Waals surface area contributed by atoms with Gasteiger partial charge < -0.3 is 20.2 Å². The number of amides is 1. The van der Waals surface area contributed by atoms with Crippen molar-refractivity contribution in [2.45, 2.75) is 19.5 Å². The summed E-state index contributed by atoms with van der Waals surface area (Å²) in [6.45, 7) is 1.11. The van der Waals surface area contributed by atoms with Gasteiger partial charge in [0.05, 0.1) is 25.0 Å². The van der Waals surface area contributed by atoms with E-state index in [0.29, 0.717) is 0 Å². The zero-order valence-electron chi connectivity index (χ0n) is 10.1. The zero-order valence-corrected chi connectivity index (χ0v) is 10.9. The molecule has 0 radical (unpaired) electrons. The molecule has 10 heteroatoms. The number of esters is 1. The fourth-order valence-electron chi connectivity index (χ4n) is 1.36. The molecule has 1 amide bonds. The first-order chi connectivity index (χ1) is 8.85. The van der Waals surface area contributed by atoms with Crippen LogP contribution in [0.4, 0.5) is 5.82 Å². The van der Waals surface area contributed by atoms with Crippen molar-refractivity contribution in [1.29, 1.82) is 0 Å². The smallest absolute Gasteiger partial charge is 0.408 e. The van der Waals surface area contributed by atoms with Crippen LogP contribution < -0.4 is 5.32 Å². The number of ether oxygens (including phenoxy) is 1. The van der Waals surface area contributed by atoms with Gasteiger partial charge in [-0.1, -0.05) is 11.6 Å².